The molecular formula is C26H25BrN2O5S2. The summed E-state index contributed by atoms with van der Waals surface area (Å²) in [5.41, 5.74) is 2.16. The molecule has 188 valence electrons. The van der Waals surface area contributed by atoms with Gasteiger partial charge in [-0.25, -0.2) is 9.79 Å². The quantitative estimate of drug-likeness (QED) is 0.302. The average molecular weight is 590 g/mol. The second kappa shape index (κ2) is 11.1. The second-order valence-corrected chi connectivity index (χ2v) is 10.5. The van der Waals surface area contributed by atoms with Gasteiger partial charge in [0.15, 0.2) is 4.80 Å². The van der Waals surface area contributed by atoms with E-state index in [0.717, 1.165) is 14.9 Å². The standard InChI is InChI=1S/C26H25BrN2O5S2/c1-6-34-25(31)22-14(2)28-26-29(23(22)15-7-9-17(35-5)10-8-15)24(30)21(36-26)12-16-11-18(27)20(33-4)13-19(16)32-3/h7-13,23H,6H2,1-5H3/b21-12-/t23-/m0/s1. The molecule has 0 radical (unpaired) electrons. The van der Waals surface area contributed by atoms with Gasteiger partial charge in [0, 0.05) is 16.5 Å². The molecule has 0 amide bonds. The van der Waals surface area contributed by atoms with Gasteiger partial charge < -0.3 is 14.2 Å². The van der Waals surface area contributed by atoms with Crippen LogP contribution in [0.25, 0.3) is 6.08 Å². The van der Waals surface area contributed by atoms with Crippen molar-refractivity contribution in [3.05, 3.63) is 83.0 Å². The summed E-state index contributed by atoms with van der Waals surface area (Å²) in [6, 6.07) is 10.8. The monoisotopic (exact) mass is 588 g/mol. The van der Waals surface area contributed by atoms with E-state index in [1.807, 2.05) is 36.6 Å². The number of esters is 1. The van der Waals surface area contributed by atoms with Crippen molar-refractivity contribution in [3.63, 3.8) is 0 Å². The van der Waals surface area contributed by atoms with E-state index < -0.39 is 12.0 Å². The van der Waals surface area contributed by atoms with Crippen molar-refractivity contribution in [2.75, 3.05) is 27.1 Å². The third-order valence-corrected chi connectivity index (χ3v) is 8.09. The first-order valence-corrected chi connectivity index (χ1v) is 13.9. The third kappa shape index (κ3) is 4.89. The van der Waals surface area contributed by atoms with Crippen LogP contribution in [0, 0.1) is 0 Å². The van der Waals surface area contributed by atoms with Crippen LogP contribution in [-0.4, -0.2) is 37.6 Å². The number of ether oxygens (including phenoxy) is 3. The number of rotatable bonds is 7. The van der Waals surface area contributed by atoms with Gasteiger partial charge in [-0.2, -0.15) is 0 Å². The first kappa shape index (κ1) is 26.2. The number of thiazole rings is 1. The number of halogens is 1. The summed E-state index contributed by atoms with van der Waals surface area (Å²) in [5.74, 6) is 0.704. The van der Waals surface area contributed by atoms with Gasteiger partial charge >= 0.3 is 5.97 Å². The van der Waals surface area contributed by atoms with Crippen LogP contribution >= 0.6 is 39.0 Å². The summed E-state index contributed by atoms with van der Waals surface area (Å²) < 4.78 is 19.0. The van der Waals surface area contributed by atoms with Crippen molar-refractivity contribution in [2.45, 2.75) is 24.8 Å². The lowest BCUT2D eigenvalue weighted by Crippen LogP contribution is -2.39. The first-order chi connectivity index (χ1) is 17.3. The summed E-state index contributed by atoms with van der Waals surface area (Å²) >= 11 is 6.39. The molecule has 1 atom stereocenters. The van der Waals surface area contributed by atoms with E-state index in [2.05, 4.69) is 20.9 Å². The summed E-state index contributed by atoms with van der Waals surface area (Å²) in [6.07, 6.45) is 3.77. The molecule has 2 heterocycles. The molecule has 4 rings (SSSR count). The average Bonchev–Trinajstić information content (AvgIpc) is 3.17. The van der Waals surface area contributed by atoms with Gasteiger partial charge in [-0.05, 0) is 65.9 Å². The molecule has 3 aromatic rings. The molecule has 0 saturated carbocycles. The Hall–Kier alpha value is -2.82. The third-order valence-electron chi connectivity index (χ3n) is 5.74. The Balaban J connectivity index is 1.95. The maximum atomic E-state index is 13.8. The van der Waals surface area contributed by atoms with E-state index in [4.69, 9.17) is 14.2 Å². The fourth-order valence-electron chi connectivity index (χ4n) is 4.03. The molecule has 1 aliphatic heterocycles. The van der Waals surface area contributed by atoms with E-state index >= 15 is 0 Å². The summed E-state index contributed by atoms with van der Waals surface area (Å²) in [6.45, 7) is 3.76. The van der Waals surface area contributed by atoms with E-state index in [1.54, 1.807) is 56.5 Å². The van der Waals surface area contributed by atoms with Crippen LogP contribution < -0.4 is 24.4 Å². The number of nitrogens with zero attached hydrogens (tertiary/aromatic N) is 2. The van der Waals surface area contributed by atoms with E-state index in [0.29, 0.717) is 37.7 Å². The molecule has 1 aliphatic rings. The minimum atomic E-state index is -0.650. The lowest BCUT2D eigenvalue weighted by Gasteiger charge is -2.24. The molecule has 7 nitrogen and oxygen atoms in total. The minimum Gasteiger partial charge on any atom is -0.496 e. The molecule has 0 bridgehead atoms. The molecule has 0 spiro atoms. The van der Waals surface area contributed by atoms with Crippen molar-refractivity contribution in [1.82, 2.24) is 4.57 Å². The predicted molar refractivity (Wildman–Crippen MR) is 146 cm³/mol. The molecule has 0 N–H and O–H groups in total. The Morgan fingerprint density at radius 3 is 2.50 bits per heavy atom. The number of hydrogen-bond donors (Lipinski definition) is 0. The van der Waals surface area contributed by atoms with Crippen molar-refractivity contribution < 1.29 is 19.0 Å². The molecule has 0 aliphatic carbocycles. The summed E-state index contributed by atoms with van der Waals surface area (Å²) in [5, 5.41) is 0. The Morgan fingerprint density at radius 2 is 1.89 bits per heavy atom. The Morgan fingerprint density at radius 1 is 1.19 bits per heavy atom. The van der Waals surface area contributed by atoms with E-state index in [1.165, 1.54) is 11.3 Å². The molecular weight excluding hydrogens is 564 g/mol. The highest BCUT2D eigenvalue weighted by Crippen LogP contribution is 2.34. The van der Waals surface area contributed by atoms with Crippen LogP contribution in [0.1, 0.15) is 31.0 Å². The number of allylic oxidation sites excluding steroid dienone is 1. The first-order valence-electron chi connectivity index (χ1n) is 11.1. The number of carbonyl (C=O) groups excluding carboxylic acids is 1. The highest BCUT2D eigenvalue weighted by atomic mass is 79.9. The highest BCUT2D eigenvalue weighted by Gasteiger charge is 2.33. The smallest absolute Gasteiger partial charge is 0.338 e. The van der Waals surface area contributed by atoms with Crippen LogP contribution in [0.3, 0.4) is 0 Å². The SMILES string of the molecule is CCOC(=O)C1=C(C)N=c2s/c(=C\c3cc(Br)c(OC)cc3OC)c(=O)n2[C@H]1c1ccc(SC)cc1. The molecule has 0 unspecified atom stereocenters. The lowest BCUT2D eigenvalue weighted by atomic mass is 9.96. The number of fused-ring (bicyclic) bond motifs is 1. The van der Waals surface area contributed by atoms with Crippen LogP contribution in [0.15, 0.2) is 66.8 Å². The van der Waals surface area contributed by atoms with E-state index in [-0.39, 0.29) is 12.2 Å². The number of thioether (sulfide) groups is 1. The normalized spacial score (nSPS) is 15.4. The Labute approximate surface area is 225 Å². The van der Waals surface area contributed by atoms with Gasteiger partial charge in [-0.15, -0.1) is 11.8 Å². The van der Waals surface area contributed by atoms with Crippen LogP contribution in [0.2, 0.25) is 0 Å². The number of carbonyl (C=O) groups is 1. The fraction of sp³-hybridized carbons (Fsp3) is 0.269. The van der Waals surface area contributed by atoms with Gasteiger partial charge in [-0.1, -0.05) is 23.5 Å². The topological polar surface area (TPSA) is 79.1 Å². The van der Waals surface area contributed by atoms with Crippen LogP contribution in [0.5, 0.6) is 11.5 Å². The van der Waals surface area contributed by atoms with Crippen molar-refractivity contribution in [3.8, 4) is 11.5 Å². The molecule has 1 aromatic heterocycles. The summed E-state index contributed by atoms with van der Waals surface area (Å²) in [7, 11) is 3.14. The van der Waals surface area contributed by atoms with Gasteiger partial charge in [-0.3, -0.25) is 9.36 Å². The largest absolute Gasteiger partial charge is 0.496 e. The molecule has 0 fully saturated rings. The predicted octanol–water partition coefficient (Wildman–Crippen LogP) is 4.30. The zero-order chi connectivity index (χ0) is 26.0. The summed E-state index contributed by atoms with van der Waals surface area (Å²) in [4.78, 5) is 33.0. The second-order valence-electron chi connectivity index (χ2n) is 7.80. The Bertz CT molecular complexity index is 1520. The van der Waals surface area contributed by atoms with Crippen LogP contribution in [-0.2, 0) is 9.53 Å². The maximum absolute atomic E-state index is 13.8. The molecule has 0 saturated heterocycles. The number of benzene rings is 2. The zero-order valence-electron chi connectivity index (χ0n) is 20.5. The zero-order valence-corrected chi connectivity index (χ0v) is 23.7. The van der Waals surface area contributed by atoms with Gasteiger partial charge in [0.05, 0.1) is 47.1 Å². The minimum absolute atomic E-state index is 0.226. The van der Waals surface area contributed by atoms with E-state index in [9.17, 15) is 9.59 Å². The Kier molecular flexibility index (Phi) is 8.07. The van der Waals surface area contributed by atoms with Crippen molar-refractivity contribution >= 4 is 51.1 Å². The molecule has 36 heavy (non-hydrogen) atoms. The van der Waals surface area contributed by atoms with Gasteiger partial charge in [0.1, 0.15) is 11.5 Å². The lowest BCUT2D eigenvalue weighted by molar-refractivity contribution is -0.139. The van der Waals surface area contributed by atoms with Gasteiger partial charge in [0.2, 0.25) is 0 Å². The fourth-order valence-corrected chi connectivity index (χ4v) is 6.00. The van der Waals surface area contributed by atoms with Gasteiger partial charge in [0.25, 0.3) is 5.56 Å². The number of methoxy groups -OCH3 is 2. The van der Waals surface area contributed by atoms with Crippen molar-refractivity contribution in [2.24, 2.45) is 4.99 Å². The van der Waals surface area contributed by atoms with Crippen molar-refractivity contribution in [1.29, 1.82) is 0 Å². The molecule has 2 aromatic carbocycles. The number of aromatic nitrogens is 1. The highest BCUT2D eigenvalue weighted by molar-refractivity contribution is 9.10. The number of hydrogen-bond acceptors (Lipinski definition) is 8. The maximum Gasteiger partial charge on any atom is 0.338 e. The van der Waals surface area contributed by atoms with Crippen LogP contribution in [0.4, 0.5) is 0 Å². The molecule has 10 heteroatoms.